The molecule has 234 valence electrons. The maximum absolute atomic E-state index is 14.5. The van der Waals surface area contributed by atoms with Gasteiger partial charge in [-0.15, -0.1) is 0 Å². The van der Waals surface area contributed by atoms with Crippen molar-refractivity contribution in [2.24, 2.45) is 0 Å². The molecule has 3 heterocycles. The van der Waals surface area contributed by atoms with E-state index in [9.17, 15) is 14.0 Å². The van der Waals surface area contributed by atoms with Crippen molar-refractivity contribution < 1.29 is 32.7 Å². The zero-order chi connectivity index (χ0) is 31.1. The summed E-state index contributed by atoms with van der Waals surface area (Å²) in [6, 6.07) is 25.0. The first kappa shape index (κ1) is 30.3. The SMILES string of the molecule is O=C(c1cc(COc2ccc(F)cc2)on1)N1CCOC2(CCCCc3ccccc3OCCN(Cc3ccccc3)C2=O)C1. The molecule has 10 heteroatoms. The third kappa shape index (κ3) is 7.34. The second-order valence-electron chi connectivity index (χ2n) is 11.4. The summed E-state index contributed by atoms with van der Waals surface area (Å²) in [4.78, 5) is 31.5. The van der Waals surface area contributed by atoms with Crippen LogP contribution >= 0.6 is 0 Å². The van der Waals surface area contributed by atoms with E-state index >= 15 is 0 Å². The van der Waals surface area contributed by atoms with Crippen molar-refractivity contribution in [3.05, 3.63) is 113 Å². The number of rotatable bonds is 6. The first-order chi connectivity index (χ1) is 22.0. The van der Waals surface area contributed by atoms with E-state index < -0.39 is 5.60 Å². The fourth-order valence-electron chi connectivity index (χ4n) is 5.86. The number of halogens is 1. The van der Waals surface area contributed by atoms with Gasteiger partial charge in [-0.05, 0) is 67.1 Å². The quantitative estimate of drug-likeness (QED) is 0.286. The van der Waals surface area contributed by atoms with Gasteiger partial charge in [0.15, 0.2) is 17.1 Å². The molecule has 2 amide bonds. The van der Waals surface area contributed by atoms with Gasteiger partial charge in [0.1, 0.15) is 30.5 Å². The molecule has 2 aliphatic rings. The van der Waals surface area contributed by atoms with Crippen LogP contribution in [0.2, 0.25) is 0 Å². The highest BCUT2D eigenvalue weighted by Gasteiger charge is 2.47. The van der Waals surface area contributed by atoms with Gasteiger partial charge in [0.25, 0.3) is 11.8 Å². The van der Waals surface area contributed by atoms with E-state index in [1.54, 1.807) is 9.80 Å². The Morgan fingerprint density at radius 1 is 0.956 bits per heavy atom. The lowest BCUT2D eigenvalue weighted by atomic mass is 9.90. The highest BCUT2D eigenvalue weighted by Crippen LogP contribution is 2.31. The van der Waals surface area contributed by atoms with Gasteiger partial charge in [0.2, 0.25) is 0 Å². The number of aryl methyl sites for hydroxylation is 1. The lowest BCUT2D eigenvalue weighted by Crippen LogP contribution is -2.62. The Kier molecular flexibility index (Phi) is 9.40. The maximum Gasteiger partial charge on any atom is 0.276 e. The minimum absolute atomic E-state index is 0.0249. The number of benzene rings is 3. The Hall–Kier alpha value is -4.70. The number of morpholine rings is 1. The summed E-state index contributed by atoms with van der Waals surface area (Å²) in [5, 5.41) is 3.99. The minimum Gasteiger partial charge on any atom is -0.491 e. The molecule has 6 rings (SSSR count). The Balaban J connectivity index is 1.20. The van der Waals surface area contributed by atoms with E-state index in [1.165, 1.54) is 30.3 Å². The normalized spacial score (nSPS) is 19.3. The summed E-state index contributed by atoms with van der Waals surface area (Å²) in [5.74, 6) is 0.795. The fraction of sp³-hybridized carbons (Fsp3) is 0.343. The van der Waals surface area contributed by atoms with Gasteiger partial charge in [0.05, 0.1) is 19.7 Å². The van der Waals surface area contributed by atoms with Gasteiger partial charge >= 0.3 is 0 Å². The predicted molar refractivity (Wildman–Crippen MR) is 163 cm³/mol. The van der Waals surface area contributed by atoms with Crippen molar-refractivity contribution >= 4 is 11.8 Å². The van der Waals surface area contributed by atoms with Crippen LogP contribution in [0.5, 0.6) is 11.5 Å². The van der Waals surface area contributed by atoms with E-state index in [0.29, 0.717) is 44.2 Å². The average molecular weight is 614 g/mol. The molecule has 0 N–H and O–H groups in total. The summed E-state index contributed by atoms with van der Waals surface area (Å²) in [6.07, 6.45) is 2.86. The summed E-state index contributed by atoms with van der Waals surface area (Å²) < 4.78 is 36.7. The number of hydrogen-bond acceptors (Lipinski definition) is 7. The van der Waals surface area contributed by atoms with Gasteiger partial charge in [-0.3, -0.25) is 9.59 Å². The molecule has 0 aliphatic carbocycles. The number of carbonyl (C=O) groups is 2. The zero-order valence-corrected chi connectivity index (χ0v) is 25.0. The van der Waals surface area contributed by atoms with Gasteiger partial charge in [-0.25, -0.2) is 4.39 Å². The van der Waals surface area contributed by atoms with Crippen LogP contribution in [0, 0.1) is 5.82 Å². The summed E-state index contributed by atoms with van der Waals surface area (Å²) >= 11 is 0. The Morgan fingerprint density at radius 3 is 2.60 bits per heavy atom. The Morgan fingerprint density at radius 2 is 1.76 bits per heavy atom. The van der Waals surface area contributed by atoms with E-state index in [1.807, 2.05) is 48.5 Å². The first-order valence-corrected chi connectivity index (χ1v) is 15.3. The highest BCUT2D eigenvalue weighted by atomic mass is 19.1. The smallest absolute Gasteiger partial charge is 0.276 e. The average Bonchev–Trinajstić information content (AvgIpc) is 3.55. The van der Waals surface area contributed by atoms with Gasteiger partial charge in [-0.2, -0.15) is 0 Å². The van der Waals surface area contributed by atoms with Crippen molar-refractivity contribution in [3.8, 4) is 11.5 Å². The molecule has 9 nitrogen and oxygen atoms in total. The van der Waals surface area contributed by atoms with Crippen LogP contribution in [-0.2, 0) is 29.1 Å². The summed E-state index contributed by atoms with van der Waals surface area (Å²) in [7, 11) is 0. The predicted octanol–water partition coefficient (Wildman–Crippen LogP) is 5.44. The van der Waals surface area contributed by atoms with Crippen molar-refractivity contribution in [1.29, 1.82) is 0 Å². The van der Waals surface area contributed by atoms with E-state index in [-0.39, 0.29) is 43.1 Å². The molecule has 0 bridgehead atoms. The number of hydrogen-bond donors (Lipinski definition) is 0. The second-order valence-corrected chi connectivity index (χ2v) is 11.4. The van der Waals surface area contributed by atoms with E-state index in [4.69, 9.17) is 18.7 Å². The molecule has 3 aromatic carbocycles. The fourth-order valence-corrected chi connectivity index (χ4v) is 5.86. The van der Waals surface area contributed by atoms with Crippen molar-refractivity contribution in [2.45, 2.75) is 44.4 Å². The molecule has 2 aliphatic heterocycles. The number of para-hydroxylation sites is 1. The number of aromatic nitrogens is 1. The minimum atomic E-state index is -1.21. The highest BCUT2D eigenvalue weighted by molar-refractivity contribution is 5.93. The van der Waals surface area contributed by atoms with E-state index in [2.05, 4.69) is 11.2 Å². The molecule has 0 radical (unpaired) electrons. The lowest BCUT2D eigenvalue weighted by Gasteiger charge is -2.44. The molecule has 1 aromatic heterocycles. The number of carbonyl (C=O) groups excluding carboxylic acids is 2. The van der Waals surface area contributed by atoms with Gasteiger partial charge in [-0.1, -0.05) is 53.7 Å². The van der Waals surface area contributed by atoms with Crippen molar-refractivity contribution in [2.75, 3.05) is 32.8 Å². The Labute approximate surface area is 261 Å². The monoisotopic (exact) mass is 613 g/mol. The topological polar surface area (TPSA) is 94.3 Å². The third-order valence-corrected chi connectivity index (χ3v) is 8.21. The summed E-state index contributed by atoms with van der Waals surface area (Å²) in [5.41, 5.74) is 1.05. The van der Waals surface area contributed by atoms with Crippen LogP contribution in [0.15, 0.2) is 89.5 Å². The van der Waals surface area contributed by atoms with Crippen LogP contribution in [0.3, 0.4) is 0 Å². The van der Waals surface area contributed by atoms with Gasteiger partial charge in [0, 0.05) is 19.2 Å². The second kappa shape index (κ2) is 13.9. The first-order valence-electron chi connectivity index (χ1n) is 15.3. The van der Waals surface area contributed by atoms with Crippen LogP contribution < -0.4 is 9.47 Å². The Bertz CT molecular complexity index is 1590. The number of ether oxygens (including phenoxy) is 3. The van der Waals surface area contributed by atoms with Crippen LogP contribution in [0.25, 0.3) is 0 Å². The molecule has 0 saturated carbocycles. The lowest BCUT2D eigenvalue weighted by molar-refractivity contribution is -0.171. The molecule has 4 aromatic rings. The molecular weight excluding hydrogens is 577 g/mol. The molecule has 1 unspecified atom stereocenters. The third-order valence-electron chi connectivity index (χ3n) is 8.21. The zero-order valence-electron chi connectivity index (χ0n) is 25.0. The molecule has 1 fully saturated rings. The van der Waals surface area contributed by atoms with Gasteiger partial charge < -0.3 is 28.5 Å². The van der Waals surface area contributed by atoms with Crippen molar-refractivity contribution in [3.63, 3.8) is 0 Å². The van der Waals surface area contributed by atoms with Crippen LogP contribution in [-0.4, -0.2) is 65.2 Å². The molecule has 1 spiro atoms. The number of fused-ring (bicyclic) bond motifs is 1. The molecule has 1 atom stereocenters. The van der Waals surface area contributed by atoms with Crippen molar-refractivity contribution in [1.82, 2.24) is 15.0 Å². The summed E-state index contributed by atoms with van der Waals surface area (Å²) in [6.45, 7) is 1.74. The molecular formula is C35H36FN3O6. The molecule has 1 saturated heterocycles. The largest absolute Gasteiger partial charge is 0.491 e. The van der Waals surface area contributed by atoms with Crippen LogP contribution in [0.1, 0.15) is 46.6 Å². The number of amides is 2. The van der Waals surface area contributed by atoms with E-state index in [0.717, 1.165) is 36.1 Å². The van der Waals surface area contributed by atoms with Crippen LogP contribution in [0.4, 0.5) is 4.39 Å². The standard InChI is InChI=1S/C35H36FN3O6/c36-28-13-15-29(16-14-28)43-24-30-22-31(37-45-30)33(40)39-19-21-44-35(25-39)17-7-6-11-27-10-4-5-12-32(27)42-20-18-38(34(35)41)23-26-8-2-1-3-9-26/h1-5,8-10,12-16,22H,6-7,11,17-21,23-25H2. The molecule has 45 heavy (non-hydrogen) atoms. The maximum atomic E-state index is 14.5. The number of nitrogens with zero attached hydrogens (tertiary/aromatic N) is 3.